The van der Waals surface area contributed by atoms with Gasteiger partial charge in [-0.3, -0.25) is 24.9 Å². The third-order valence-corrected chi connectivity index (χ3v) is 7.56. The minimum Gasteiger partial charge on any atom is -0.326 e. The van der Waals surface area contributed by atoms with Crippen molar-refractivity contribution >= 4 is 29.1 Å². The fourth-order valence-electron chi connectivity index (χ4n) is 5.76. The smallest absolute Gasteiger partial charge is 0.326 e. The molecule has 3 amide bonds. The van der Waals surface area contributed by atoms with Gasteiger partial charge in [0.25, 0.3) is 0 Å². The zero-order chi connectivity index (χ0) is 24.3. The molecule has 184 valence electrons. The van der Waals surface area contributed by atoms with E-state index < -0.39 is 5.54 Å². The van der Waals surface area contributed by atoms with E-state index in [0.717, 1.165) is 62.5 Å². The van der Waals surface area contributed by atoms with Crippen molar-refractivity contribution in [1.82, 2.24) is 10.2 Å². The third kappa shape index (κ3) is 5.10. The van der Waals surface area contributed by atoms with Crippen molar-refractivity contribution in [1.29, 1.82) is 0 Å². The van der Waals surface area contributed by atoms with E-state index in [4.69, 9.17) is 4.99 Å². The maximum Gasteiger partial charge on any atom is 0.328 e. The lowest BCUT2D eigenvalue weighted by Crippen LogP contribution is -2.57. The Morgan fingerprint density at radius 2 is 1.71 bits per heavy atom. The molecule has 0 unspecified atom stereocenters. The van der Waals surface area contributed by atoms with Crippen LogP contribution in [0.15, 0.2) is 59.6 Å². The van der Waals surface area contributed by atoms with Gasteiger partial charge in [0.05, 0.1) is 6.04 Å². The van der Waals surface area contributed by atoms with Gasteiger partial charge < -0.3 is 5.32 Å². The Balaban J connectivity index is 1.42. The summed E-state index contributed by atoms with van der Waals surface area (Å²) < 4.78 is 0. The molecule has 0 aromatic heterocycles. The summed E-state index contributed by atoms with van der Waals surface area (Å²) in [5.74, 6) is 0.737. The van der Waals surface area contributed by atoms with E-state index >= 15 is 0 Å². The molecule has 7 nitrogen and oxygen atoms in total. The fraction of sp³-hybridized carbons (Fsp3) is 0.464. The summed E-state index contributed by atoms with van der Waals surface area (Å²) in [6, 6.07) is 18.3. The third-order valence-electron chi connectivity index (χ3n) is 7.56. The van der Waals surface area contributed by atoms with Crippen molar-refractivity contribution in [2.24, 2.45) is 4.99 Å². The number of urea groups is 1. The van der Waals surface area contributed by atoms with Crippen molar-refractivity contribution in [3.05, 3.63) is 60.2 Å². The van der Waals surface area contributed by atoms with Gasteiger partial charge in [-0.15, -0.1) is 0 Å². The molecule has 3 fully saturated rings. The standard InChI is InChI=1S/C28H35N5O2/c1-21(34)29-24-12-14-25(15-13-24)33-27(35)31-26(30-23-10-6-3-7-11-23)28(33)16-18-32(19-17-28)20-22-8-4-2-5-9-22/h2,4-5,8-9,12-15,23H,3,6-7,10-11,16-20H2,1H3,(H,29,34)(H,30,31,35). The molecule has 2 aromatic carbocycles. The average Bonchev–Trinajstić information content (AvgIpc) is 3.12. The lowest BCUT2D eigenvalue weighted by atomic mass is 9.84. The first-order valence-corrected chi connectivity index (χ1v) is 12.9. The van der Waals surface area contributed by atoms with Crippen molar-refractivity contribution < 1.29 is 9.59 Å². The molecule has 2 aromatic rings. The second kappa shape index (κ2) is 10.2. The predicted octanol–water partition coefficient (Wildman–Crippen LogP) is 4.94. The van der Waals surface area contributed by atoms with Gasteiger partial charge in [-0.2, -0.15) is 0 Å². The first-order chi connectivity index (χ1) is 17.0. The van der Waals surface area contributed by atoms with Crippen LogP contribution in [-0.2, 0) is 11.3 Å². The molecule has 5 rings (SSSR count). The molecule has 2 N–H and O–H groups in total. The lowest BCUT2D eigenvalue weighted by Gasteiger charge is -2.44. The van der Waals surface area contributed by atoms with E-state index in [9.17, 15) is 9.59 Å². The number of likely N-dealkylation sites (tertiary alicyclic amines) is 1. The van der Waals surface area contributed by atoms with Gasteiger partial charge in [-0.1, -0.05) is 49.6 Å². The number of nitrogens with zero attached hydrogens (tertiary/aromatic N) is 3. The number of aliphatic imine (C=N–C) groups is 1. The molecule has 3 aliphatic rings. The summed E-state index contributed by atoms with van der Waals surface area (Å²) >= 11 is 0. The van der Waals surface area contributed by atoms with Crippen LogP contribution in [-0.4, -0.2) is 47.3 Å². The van der Waals surface area contributed by atoms with Crippen LogP contribution in [0, 0.1) is 0 Å². The second-order valence-corrected chi connectivity index (χ2v) is 10.1. The minimum absolute atomic E-state index is 0.108. The number of hydrogen-bond donors (Lipinski definition) is 2. The monoisotopic (exact) mass is 473 g/mol. The number of rotatable bonds is 5. The van der Waals surface area contributed by atoms with Gasteiger partial charge in [0.1, 0.15) is 11.4 Å². The van der Waals surface area contributed by atoms with Crippen molar-refractivity contribution in [3.8, 4) is 0 Å². The molecule has 1 saturated carbocycles. The van der Waals surface area contributed by atoms with Crippen LogP contribution >= 0.6 is 0 Å². The SMILES string of the molecule is CC(=O)Nc1ccc(N2C(=O)NC(=NC3CCCCC3)C23CCN(Cc2ccccc2)CC3)cc1. The van der Waals surface area contributed by atoms with E-state index in [1.807, 2.05) is 35.2 Å². The highest BCUT2D eigenvalue weighted by molar-refractivity contribution is 6.19. The molecule has 2 saturated heterocycles. The van der Waals surface area contributed by atoms with Crippen LogP contribution in [0.3, 0.4) is 0 Å². The summed E-state index contributed by atoms with van der Waals surface area (Å²) in [5.41, 5.74) is 2.41. The topological polar surface area (TPSA) is 77.0 Å². The van der Waals surface area contributed by atoms with E-state index in [2.05, 4.69) is 39.8 Å². The first-order valence-electron chi connectivity index (χ1n) is 12.9. The molecule has 0 radical (unpaired) electrons. The number of benzene rings is 2. The number of anilines is 2. The Bertz CT molecular complexity index is 1070. The van der Waals surface area contributed by atoms with Gasteiger partial charge in [0, 0.05) is 37.9 Å². The molecule has 2 heterocycles. The van der Waals surface area contributed by atoms with Gasteiger partial charge in [0.15, 0.2) is 0 Å². The second-order valence-electron chi connectivity index (χ2n) is 10.1. The van der Waals surface area contributed by atoms with Crippen molar-refractivity contribution in [2.75, 3.05) is 23.3 Å². The van der Waals surface area contributed by atoms with Crippen molar-refractivity contribution in [2.45, 2.75) is 70.0 Å². The maximum atomic E-state index is 13.4. The highest BCUT2D eigenvalue weighted by Crippen LogP contribution is 2.39. The van der Waals surface area contributed by atoms with Crippen molar-refractivity contribution in [3.63, 3.8) is 0 Å². The molecule has 0 bridgehead atoms. The zero-order valence-corrected chi connectivity index (χ0v) is 20.5. The Morgan fingerprint density at radius 3 is 2.37 bits per heavy atom. The van der Waals surface area contributed by atoms with Gasteiger partial charge in [-0.25, -0.2) is 4.79 Å². The quantitative estimate of drug-likeness (QED) is 0.646. The molecule has 2 aliphatic heterocycles. The summed E-state index contributed by atoms with van der Waals surface area (Å²) in [6.07, 6.45) is 7.56. The van der Waals surface area contributed by atoms with Gasteiger partial charge in [0.2, 0.25) is 5.91 Å². The van der Waals surface area contributed by atoms with Gasteiger partial charge in [-0.05, 0) is 55.5 Å². The first kappa shape index (κ1) is 23.5. The average molecular weight is 474 g/mol. The number of piperidine rings is 1. The maximum absolute atomic E-state index is 13.4. The predicted molar refractivity (Wildman–Crippen MR) is 140 cm³/mol. The Kier molecular flexibility index (Phi) is 6.86. The molecule has 7 heteroatoms. The molecule has 1 spiro atoms. The van der Waals surface area contributed by atoms with Crippen LogP contribution in [0.1, 0.15) is 57.4 Å². The molecule has 1 aliphatic carbocycles. The number of nitrogens with one attached hydrogen (secondary N) is 2. The van der Waals surface area contributed by atoms with E-state index in [1.165, 1.54) is 31.7 Å². The van der Waals surface area contributed by atoms with Crippen LogP contribution in [0.5, 0.6) is 0 Å². The van der Waals surface area contributed by atoms with Crippen LogP contribution < -0.4 is 15.5 Å². The Hall–Kier alpha value is -3.19. The summed E-state index contributed by atoms with van der Waals surface area (Å²) in [4.78, 5) is 34.4. The highest BCUT2D eigenvalue weighted by Gasteiger charge is 2.53. The van der Waals surface area contributed by atoms with Crippen LogP contribution in [0.2, 0.25) is 0 Å². The normalized spacial score (nSPS) is 21.9. The largest absolute Gasteiger partial charge is 0.328 e. The summed E-state index contributed by atoms with van der Waals surface area (Å²) in [7, 11) is 0. The zero-order valence-electron chi connectivity index (χ0n) is 20.5. The molecule has 0 atom stereocenters. The Labute approximate surface area is 207 Å². The highest BCUT2D eigenvalue weighted by atomic mass is 16.2. The summed E-state index contributed by atoms with van der Waals surface area (Å²) in [5, 5.41) is 5.98. The number of carbonyl (C=O) groups excluding carboxylic acids is 2. The molecular weight excluding hydrogens is 438 g/mol. The number of carbonyl (C=O) groups is 2. The number of amides is 3. The number of hydrogen-bond acceptors (Lipinski definition) is 4. The lowest BCUT2D eigenvalue weighted by molar-refractivity contribution is -0.114. The van der Waals surface area contributed by atoms with E-state index in [0.29, 0.717) is 6.04 Å². The fourth-order valence-corrected chi connectivity index (χ4v) is 5.76. The Morgan fingerprint density at radius 1 is 1.03 bits per heavy atom. The van der Waals surface area contributed by atoms with E-state index in [-0.39, 0.29) is 11.9 Å². The number of amidine groups is 1. The van der Waals surface area contributed by atoms with E-state index in [1.54, 1.807) is 0 Å². The molecular formula is C28H35N5O2. The summed E-state index contributed by atoms with van der Waals surface area (Å²) in [6.45, 7) is 4.20. The minimum atomic E-state index is -0.461. The van der Waals surface area contributed by atoms with Crippen LogP contribution in [0.4, 0.5) is 16.2 Å². The molecule has 35 heavy (non-hydrogen) atoms. The van der Waals surface area contributed by atoms with Gasteiger partial charge >= 0.3 is 6.03 Å². The van der Waals surface area contributed by atoms with Crippen LogP contribution in [0.25, 0.3) is 0 Å².